The predicted molar refractivity (Wildman–Crippen MR) is 56.1 cm³/mol. The summed E-state index contributed by atoms with van der Waals surface area (Å²) in [5.41, 5.74) is 1.75. The molecule has 1 heterocycles. The lowest BCUT2D eigenvalue weighted by atomic mass is 10.2. The van der Waals surface area contributed by atoms with E-state index in [2.05, 4.69) is 28.6 Å². The van der Waals surface area contributed by atoms with Crippen molar-refractivity contribution in [1.29, 1.82) is 0 Å². The molecule has 0 amide bonds. The smallest absolute Gasteiger partial charge is 0.384 e. The zero-order valence-corrected chi connectivity index (χ0v) is 9.20. The van der Waals surface area contributed by atoms with Crippen LogP contribution in [-0.4, -0.2) is 22.9 Å². The number of carbonyl (C=O) groups is 1. The van der Waals surface area contributed by atoms with Crippen molar-refractivity contribution in [3.05, 3.63) is 17.5 Å². The van der Waals surface area contributed by atoms with Gasteiger partial charge in [-0.3, -0.25) is 4.68 Å². The van der Waals surface area contributed by atoms with Crippen LogP contribution >= 0.6 is 0 Å². The number of carbonyl (C=O) groups excluding carboxylic acids is 1. The fraction of sp³-hybridized carbons (Fsp3) is 0.455. The predicted octanol–water partition coefficient (Wildman–Crippen LogP) is 1.13. The van der Waals surface area contributed by atoms with Gasteiger partial charge in [-0.2, -0.15) is 5.10 Å². The lowest BCUT2D eigenvalue weighted by molar-refractivity contribution is -0.133. The third kappa shape index (κ3) is 2.84. The van der Waals surface area contributed by atoms with Crippen LogP contribution in [0.15, 0.2) is 6.20 Å². The normalized spacial score (nSPS) is 9.27. The molecule has 0 N–H and O–H groups in total. The van der Waals surface area contributed by atoms with E-state index in [1.54, 1.807) is 6.20 Å². The summed E-state index contributed by atoms with van der Waals surface area (Å²) in [5.74, 6) is 4.58. The molecular weight excluding hydrogens is 192 g/mol. The summed E-state index contributed by atoms with van der Waals surface area (Å²) in [6.45, 7) is 4.89. The number of methoxy groups -OCH3 is 1. The number of esters is 1. The van der Waals surface area contributed by atoms with Gasteiger partial charge in [0.15, 0.2) is 0 Å². The van der Waals surface area contributed by atoms with Crippen LogP contribution in [0.2, 0.25) is 0 Å². The second-order valence-electron chi connectivity index (χ2n) is 3.11. The van der Waals surface area contributed by atoms with Gasteiger partial charge in [0.1, 0.15) is 0 Å². The van der Waals surface area contributed by atoms with Crippen molar-refractivity contribution in [3.63, 3.8) is 0 Å². The number of aryl methyl sites for hydroxylation is 1. The summed E-state index contributed by atoms with van der Waals surface area (Å²) in [4.78, 5) is 10.8. The number of nitrogens with zero attached hydrogens (tertiary/aromatic N) is 2. The maximum absolute atomic E-state index is 10.8. The van der Waals surface area contributed by atoms with Crippen molar-refractivity contribution in [2.75, 3.05) is 7.11 Å². The minimum Gasteiger partial charge on any atom is -0.459 e. The Balaban J connectivity index is 2.86. The molecule has 0 unspecified atom stereocenters. The molecule has 0 saturated carbocycles. The first-order valence-corrected chi connectivity index (χ1v) is 4.81. The standard InChI is InChI=1S/C11H14N2O2/c1-4-7-13-9(2)10(8-12-13)5-6-11(14)15-3/h8H,4,7H2,1-3H3. The first-order chi connectivity index (χ1) is 7.19. The molecule has 1 aromatic rings. The van der Waals surface area contributed by atoms with Crippen molar-refractivity contribution in [1.82, 2.24) is 9.78 Å². The van der Waals surface area contributed by atoms with Gasteiger partial charge in [0.05, 0.1) is 24.6 Å². The van der Waals surface area contributed by atoms with Crippen LogP contribution < -0.4 is 0 Å². The third-order valence-electron chi connectivity index (χ3n) is 2.02. The fourth-order valence-electron chi connectivity index (χ4n) is 1.18. The van der Waals surface area contributed by atoms with E-state index in [0.717, 1.165) is 24.2 Å². The Morgan fingerprint density at radius 1 is 1.67 bits per heavy atom. The molecule has 1 rings (SSSR count). The Kier molecular flexibility index (Phi) is 3.92. The van der Waals surface area contributed by atoms with Gasteiger partial charge < -0.3 is 4.74 Å². The van der Waals surface area contributed by atoms with E-state index in [-0.39, 0.29) is 0 Å². The van der Waals surface area contributed by atoms with Gasteiger partial charge in [-0.1, -0.05) is 12.8 Å². The van der Waals surface area contributed by atoms with Crippen molar-refractivity contribution in [3.8, 4) is 11.8 Å². The molecule has 80 valence electrons. The average Bonchev–Trinajstić information content (AvgIpc) is 2.58. The van der Waals surface area contributed by atoms with Crippen LogP contribution in [0, 0.1) is 18.8 Å². The number of ether oxygens (including phenoxy) is 1. The Labute approximate surface area is 89.2 Å². The van der Waals surface area contributed by atoms with Gasteiger partial charge in [0.25, 0.3) is 0 Å². The summed E-state index contributed by atoms with van der Waals surface area (Å²) in [6.07, 6.45) is 2.69. The molecular formula is C11H14N2O2. The quantitative estimate of drug-likeness (QED) is 0.538. The summed E-state index contributed by atoms with van der Waals surface area (Å²) in [6, 6.07) is 0. The maximum Gasteiger partial charge on any atom is 0.384 e. The van der Waals surface area contributed by atoms with Crippen molar-refractivity contribution >= 4 is 5.97 Å². The Hall–Kier alpha value is -1.76. The van der Waals surface area contributed by atoms with Crippen LogP contribution in [-0.2, 0) is 16.1 Å². The van der Waals surface area contributed by atoms with E-state index in [1.807, 2.05) is 11.6 Å². The maximum atomic E-state index is 10.8. The highest BCUT2D eigenvalue weighted by atomic mass is 16.5. The Morgan fingerprint density at radius 3 is 3.00 bits per heavy atom. The van der Waals surface area contributed by atoms with Gasteiger partial charge >= 0.3 is 5.97 Å². The second-order valence-corrected chi connectivity index (χ2v) is 3.11. The van der Waals surface area contributed by atoms with Gasteiger partial charge in [0.2, 0.25) is 0 Å². The molecule has 4 nitrogen and oxygen atoms in total. The minimum atomic E-state index is -0.530. The van der Waals surface area contributed by atoms with Gasteiger partial charge in [-0.15, -0.1) is 0 Å². The lowest BCUT2D eigenvalue weighted by Gasteiger charge is -1.99. The largest absolute Gasteiger partial charge is 0.459 e. The molecule has 0 aliphatic heterocycles. The molecule has 0 aliphatic carbocycles. The van der Waals surface area contributed by atoms with E-state index in [9.17, 15) is 4.79 Å². The van der Waals surface area contributed by atoms with E-state index in [0.29, 0.717) is 0 Å². The van der Waals surface area contributed by atoms with Gasteiger partial charge in [-0.05, 0) is 13.3 Å². The monoisotopic (exact) mass is 206 g/mol. The molecule has 1 aromatic heterocycles. The second kappa shape index (κ2) is 5.20. The number of rotatable bonds is 2. The summed E-state index contributed by atoms with van der Waals surface area (Å²) < 4.78 is 6.30. The first-order valence-electron chi connectivity index (χ1n) is 4.81. The van der Waals surface area contributed by atoms with Crippen LogP contribution in [0.1, 0.15) is 24.6 Å². The van der Waals surface area contributed by atoms with Gasteiger partial charge in [0, 0.05) is 12.5 Å². The molecule has 0 bridgehead atoms. The molecule has 0 radical (unpaired) electrons. The van der Waals surface area contributed by atoms with Crippen LogP contribution in [0.5, 0.6) is 0 Å². The number of hydrogen-bond donors (Lipinski definition) is 0. The minimum absolute atomic E-state index is 0.530. The molecule has 0 atom stereocenters. The molecule has 0 fully saturated rings. The summed E-state index contributed by atoms with van der Waals surface area (Å²) in [7, 11) is 1.31. The van der Waals surface area contributed by atoms with Crippen LogP contribution in [0.3, 0.4) is 0 Å². The Morgan fingerprint density at radius 2 is 2.40 bits per heavy atom. The Bertz CT molecular complexity index is 410. The average molecular weight is 206 g/mol. The molecule has 0 saturated heterocycles. The number of hydrogen-bond acceptors (Lipinski definition) is 3. The summed E-state index contributed by atoms with van der Waals surface area (Å²) in [5, 5.41) is 4.17. The highest BCUT2D eigenvalue weighted by molar-refractivity contribution is 5.89. The van der Waals surface area contributed by atoms with E-state index >= 15 is 0 Å². The first kappa shape index (κ1) is 11.3. The van der Waals surface area contributed by atoms with E-state index in [1.165, 1.54) is 7.11 Å². The molecule has 0 spiro atoms. The van der Waals surface area contributed by atoms with E-state index < -0.39 is 5.97 Å². The SMILES string of the molecule is CCCn1ncc(C#CC(=O)OC)c1C. The van der Waals surface area contributed by atoms with Crippen LogP contribution in [0.4, 0.5) is 0 Å². The highest BCUT2D eigenvalue weighted by Crippen LogP contribution is 2.05. The molecule has 4 heteroatoms. The lowest BCUT2D eigenvalue weighted by Crippen LogP contribution is -2.01. The van der Waals surface area contributed by atoms with Crippen molar-refractivity contribution in [2.24, 2.45) is 0 Å². The molecule has 0 aromatic carbocycles. The zero-order valence-electron chi connectivity index (χ0n) is 9.20. The topological polar surface area (TPSA) is 44.1 Å². The third-order valence-corrected chi connectivity index (χ3v) is 2.02. The highest BCUT2D eigenvalue weighted by Gasteiger charge is 2.02. The fourth-order valence-corrected chi connectivity index (χ4v) is 1.18. The van der Waals surface area contributed by atoms with Crippen molar-refractivity contribution in [2.45, 2.75) is 26.8 Å². The molecule has 0 aliphatic rings. The number of aromatic nitrogens is 2. The van der Waals surface area contributed by atoms with Crippen molar-refractivity contribution < 1.29 is 9.53 Å². The van der Waals surface area contributed by atoms with E-state index in [4.69, 9.17) is 0 Å². The molecule has 15 heavy (non-hydrogen) atoms. The zero-order chi connectivity index (χ0) is 11.3. The van der Waals surface area contributed by atoms with Gasteiger partial charge in [-0.25, -0.2) is 4.79 Å². The summed E-state index contributed by atoms with van der Waals surface area (Å²) >= 11 is 0. The van der Waals surface area contributed by atoms with Crippen LogP contribution in [0.25, 0.3) is 0 Å².